The zero-order valence-electron chi connectivity index (χ0n) is 11.9. The maximum atomic E-state index is 12.0. The van der Waals surface area contributed by atoms with Gasteiger partial charge in [0.25, 0.3) is 5.91 Å². The molecule has 1 atom stereocenters. The molecule has 1 fully saturated rings. The minimum atomic E-state index is -0.382. The summed E-state index contributed by atoms with van der Waals surface area (Å²) in [6.07, 6.45) is 1.26. The van der Waals surface area contributed by atoms with Crippen molar-refractivity contribution in [3.63, 3.8) is 0 Å². The number of benzene rings is 1. The molecule has 0 aliphatic carbocycles. The van der Waals surface area contributed by atoms with Gasteiger partial charge in [0.05, 0.1) is 6.54 Å². The molecule has 0 radical (unpaired) electrons. The summed E-state index contributed by atoms with van der Waals surface area (Å²) in [6.45, 7) is 2.64. The standard InChI is InChI=1S/C15H20N2O3/c1-11-5-7-12(8-6-11)16-14(18)10-17(2)15(19)13-4-3-9-20-13/h5-8,13H,3-4,9-10H2,1-2H3,(H,16,18)/t13-/m0/s1. The van der Waals surface area contributed by atoms with E-state index < -0.39 is 0 Å². The fraction of sp³-hybridized carbons (Fsp3) is 0.467. The number of anilines is 1. The van der Waals surface area contributed by atoms with Crippen molar-refractivity contribution in [3.05, 3.63) is 29.8 Å². The third kappa shape index (κ3) is 3.81. The molecule has 0 unspecified atom stereocenters. The Morgan fingerprint density at radius 3 is 2.65 bits per heavy atom. The van der Waals surface area contributed by atoms with Crippen LogP contribution in [0, 0.1) is 6.92 Å². The molecule has 1 aromatic rings. The minimum absolute atomic E-state index is 0.0343. The number of amides is 2. The van der Waals surface area contributed by atoms with Crippen molar-refractivity contribution in [3.8, 4) is 0 Å². The van der Waals surface area contributed by atoms with Crippen LogP contribution in [-0.4, -0.2) is 43.0 Å². The molecule has 1 N–H and O–H groups in total. The molecule has 1 aliphatic rings. The van der Waals surface area contributed by atoms with Crippen LogP contribution in [-0.2, 0) is 14.3 Å². The molecule has 1 aromatic carbocycles. The zero-order valence-corrected chi connectivity index (χ0v) is 11.9. The van der Waals surface area contributed by atoms with Gasteiger partial charge >= 0.3 is 0 Å². The van der Waals surface area contributed by atoms with E-state index in [-0.39, 0.29) is 24.5 Å². The van der Waals surface area contributed by atoms with Crippen LogP contribution in [0.5, 0.6) is 0 Å². The first-order valence-corrected chi connectivity index (χ1v) is 6.79. The van der Waals surface area contributed by atoms with Gasteiger partial charge in [-0.3, -0.25) is 9.59 Å². The van der Waals surface area contributed by atoms with Gasteiger partial charge in [-0.25, -0.2) is 0 Å². The number of aryl methyl sites for hydroxylation is 1. The lowest BCUT2D eigenvalue weighted by molar-refractivity contribution is -0.141. The van der Waals surface area contributed by atoms with Crippen LogP contribution in [0.1, 0.15) is 18.4 Å². The van der Waals surface area contributed by atoms with E-state index in [9.17, 15) is 9.59 Å². The van der Waals surface area contributed by atoms with Crippen molar-refractivity contribution in [2.45, 2.75) is 25.9 Å². The average molecular weight is 276 g/mol. The van der Waals surface area contributed by atoms with Gasteiger partial charge in [0.2, 0.25) is 5.91 Å². The van der Waals surface area contributed by atoms with E-state index in [1.54, 1.807) is 7.05 Å². The molecule has 1 heterocycles. The molecular formula is C15H20N2O3. The van der Waals surface area contributed by atoms with E-state index in [0.717, 1.165) is 24.1 Å². The normalized spacial score (nSPS) is 17.8. The number of hydrogen-bond acceptors (Lipinski definition) is 3. The van der Waals surface area contributed by atoms with Crippen molar-refractivity contribution < 1.29 is 14.3 Å². The predicted octanol–water partition coefficient (Wildman–Crippen LogP) is 1.57. The van der Waals surface area contributed by atoms with Crippen LogP contribution in [0.25, 0.3) is 0 Å². The van der Waals surface area contributed by atoms with E-state index in [1.807, 2.05) is 31.2 Å². The molecule has 0 aromatic heterocycles. The highest BCUT2D eigenvalue weighted by Crippen LogP contribution is 2.14. The Morgan fingerprint density at radius 2 is 2.05 bits per heavy atom. The lowest BCUT2D eigenvalue weighted by Crippen LogP contribution is -2.40. The summed E-state index contributed by atoms with van der Waals surface area (Å²) in [4.78, 5) is 25.3. The summed E-state index contributed by atoms with van der Waals surface area (Å²) < 4.78 is 5.33. The predicted molar refractivity (Wildman–Crippen MR) is 76.4 cm³/mol. The smallest absolute Gasteiger partial charge is 0.251 e. The van der Waals surface area contributed by atoms with Gasteiger partial charge in [0.1, 0.15) is 6.10 Å². The van der Waals surface area contributed by atoms with E-state index in [0.29, 0.717) is 6.61 Å². The monoisotopic (exact) mass is 276 g/mol. The Kier molecular flexibility index (Phi) is 4.74. The molecule has 0 spiro atoms. The number of likely N-dealkylation sites (N-methyl/N-ethyl adjacent to an activating group) is 1. The number of nitrogens with zero attached hydrogens (tertiary/aromatic N) is 1. The number of ether oxygens (including phenoxy) is 1. The molecule has 0 saturated carbocycles. The fourth-order valence-corrected chi connectivity index (χ4v) is 2.15. The molecule has 1 saturated heterocycles. The maximum Gasteiger partial charge on any atom is 0.251 e. The summed E-state index contributed by atoms with van der Waals surface area (Å²) in [5.41, 5.74) is 1.87. The first-order valence-electron chi connectivity index (χ1n) is 6.79. The number of nitrogens with one attached hydrogen (secondary N) is 1. The Morgan fingerprint density at radius 1 is 1.35 bits per heavy atom. The number of carbonyl (C=O) groups excluding carboxylic acids is 2. The lowest BCUT2D eigenvalue weighted by atomic mass is 10.2. The van der Waals surface area contributed by atoms with Crippen molar-refractivity contribution in [2.75, 3.05) is 25.5 Å². The molecule has 2 rings (SSSR count). The Bertz CT molecular complexity index is 478. The first-order chi connectivity index (χ1) is 9.56. The minimum Gasteiger partial charge on any atom is -0.368 e. The van der Waals surface area contributed by atoms with Gasteiger partial charge in [0, 0.05) is 19.3 Å². The second-order valence-electron chi connectivity index (χ2n) is 5.11. The van der Waals surface area contributed by atoms with Crippen LogP contribution in [0.3, 0.4) is 0 Å². The topological polar surface area (TPSA) is 58.6 Å². The van der Waals surface area contributed by atoms with Crippen molar-refractivity contribution in [1.82, 2.24) is 4.90 Å². The van der Waals surface area contributed by atoms with Crippen molar-refractivity contribution >= 4 is 17.5 Å². The highest BCUT2D eigenvalue weighted by molar-refractivity contribution is 5.95. The van der Waals surface area contributed by atoms with E-state index in [2.05, 4.69) is 5.32 Å². The summed E-state index contributed by atoms with van der Waals surface area (Å²) in [5.74, 6) is -0.329. The van der Waals surface area contributed by atoms with E-state index in [4.69, 9.17) is 4.74 Å². The quantitative estimate of drug-likeness (QED) is 0.908. The first kappa shape index (κ1) is 14.5. The molecule has 0 bridgehead atoms. The van der Waals surface area contributed by atoms with Gasteiger partial charge in [-0.15, -0.1) is 0 Å². The zero-order chi connectivity index (χ0) is 14.5. The van der Waals surface area contributed by atoms with Crippen LogP contribution in [0.4, 0.5) is 5.69 Å². The molecule has 20 heavy (non-hydrogen) atoms. The van der Waals surface area contributed by atoms with Gasteiger partial charge in [-0.1, -0.05) is 17.7 Å². The van der Waals surface area contributed by atoms with E-state index >= 15 is 0 Å². The van der Waals surface area contributed by atoms with Gasteiger partial charge in [0.15, 0.2) is 0 Å². The summed E-state index contributed by atoms with van der Waals surface area (Å²) in [7, 11) is 1.62. The van der Waals surface area contributed by atoms with Gasteiger partial charge < -0.3 is 15.0 Å². The highest BCUT2D eigenvalue weighted by Gasteiger charge is 2.27. The molecule has 2 amide bonds. The van der Waals surface area contributed by atoms with Crippen molar-refractivity contribution in [2.24, 2.45) is 0 Å². The van der Waals surface area contributed by atoms with Crippen LogP contribution >= 0.6 is 0 Å². The Hall–Kier alpha value is -1.88. The largest absolute Gasteiger partial charge is 0.368 e. The summed E-state index contributed by atoms with van der Waals surface area (Å²) in [5, 5.41) is 2.77. The van der Waals surface area contributed by atoms with Crippen LogP contribution in [0.15, 0.2) is 24.3 Å². The number of hydrogen-bond donors (Lipinski definition) is 1. The summed E-state index contributed by atoms with van der Waals surface area (Å²) >= 11 is 0. The SMILES string of the molecule is Cc1ccc(NC(=O)CN(C)C(=O)[C@@H]2CCCO2)cc1. The second kappa shape index (κ2) is 6.52. The van der Waals surface area contributed by atoms with Crippen LogP contribution in [0.2, 0.25) is 0 Å². The number of rotatable bonds is 4. The number of carbonyl (C=O) groups is 2. The second-order valence-corrected chi connectivity index (χ2v) is 5.11. The molecular weight excluding hydrogens is 256 g/mol. The lowest BCUT2D eigenvalue weighted by Gasteiger charge is -2.20. The third-order valence-corrected chi connectivity index (χ3v) is 3.30. The molecule has 5 heteroatoms. The Balaban J connectivity index is 1.84. The van der Waals surface area contributed by atoms with Gasteiger partial charge in [-0.05, 0) is 31.9 Å². The average Bonchev–Trinajstić information content (AvgIpc) is 2.94. The highest BCUT2D eigenvalue weighted by atomic mass is 16.5. The Labute approximate surface area is 118 Å². The van der Waals surface area contributed by atoms with E-state index in [1.165, 1.54) is 4.90 Å². The van der Waals surface area contributed by atoms with Gasteiger partial charge in [-0.2, -0.15) is 0 Å². The maximum absolute atomic E-state index is 12.0. The molecule has 5 nitrogen and oxygen atoms in total. The van der Waals surface area contributed by atoms with Crippen LogP contribution < -0.4 is 5.32 Å². The van der Waals surface area contributed by atoms with Crippen molar-refractivity contribution in [1.29, 1.82) is 0 Å². The molecule has 108 valence electrons. The third-order valence-electron chi connectivity index (χ3n) is 3.30. The summed E-state index contributed by atoms with van der Waals surface area (Å²) in [6, 6.07) is 7.54. The fourth-order valence-electron chi connectivity index (χ4n) is 2.15. The molecule has 1 aliphatic heterocycles.